The number of nitrogens with zero attached hydrogens (tertiary/aromatic N) is 1. The van der Waals surface area contributed by atoms with Gasteiger partial charge in [-0.1, -0.05) is 22.9 Å². The van der Waals surface area contributed by atoms with Crippen molar-refractivity contribution in [2.75, 3.05) is 14.2 Å². The Kier molecular flexibility index (Phi) is 3.49. The highest BCUT2D eigenvalue weighted by Crippen LogP contribution is 2.37. The lowest BCUT2D eigenvalue weighted by atomic mass is 10.1. The van der Waals surface area contributed by atoms with E-state index in [0.29, 0.717) is 22.3 Å². The minimum atomic E-state index is -0.576. The first-order valence-corrected chi connectivity index (χ1v) is 6.02. The number of rotatable bonds is 3. The number of halogens is 1. The van der Waals surface area contributed by atoms with Gasteiger partial charge in [0, 0.05) is 0 Å². The summed E-state index contributed by atoms with van der Waals surface area (Å²) in [5.41, 5.74) is 0.823. The van der Waals surface area contributed by atoms with Gasteiger partial charge < -0.3 is 9.47 Å². The number of aromatic nitrogens is 1. The standard InChI is InChI=1S/C11H8ClNO4S/c1-16-8-5(4-14)3-6(10(15)17-2)7-9(8)18-11(12)13-7/h3-4H,1-2H3. The van der Waals surface area contributed by atoms with Gasteiger partial charge in [-0.05, 0) is 6.07 Å². The van der Waals surface area contributed by atoms with Crippen LogP contribution in [0.3, 0.4) is 0 Å². The van der Waals surface area contributed by atoms with Gasteiger partial charge in [0.2, 0.25) is 0 Å². The van der Waals surface area contributed by atoms with Gasteiger partial charge in [0.05, 0.1) is 30.0 Å². The second-order valence-corrected chi connectivity index (χ2v) is 4.88. The molecule has 0 aliphatic carbocycles. The Morgan fingerprint density at radius 1 is 1.50 bits per heavy atom. The Bertz CT molecular complexity index is 637. The van der Waals surface area contributed by atoms with E-state index >= 15 is 0 Å². The van der Waals surface area contributed by atoms with Gasteiger partial charge in [-0.2, -0.15) is 0 Å². The van der Waals surface area contributed by atoms with Gasteiger partial charge in [0.25, 0.3) is 0 Å². The number of aldehydes is 1. The van der Waals surface area contributed by atoms with Crippen molar-refractivity contribution in [1.82, 2.24) is 4.98 Å². The van der Waals surface area contributed by atoms with Crippen LogP contribution in [0, 0.1) is 0 Å². The summed E-state index contributed by atoms with van der Waals surface area (Å²) in [6.07, 6.45) is 0.609. The lowest BCUT2D eigenvalue weighted by molar-refractivity contribution is 0.0603. The monoisotopic (exact) mass is 285 g/mol. The summed E-state index contributed by atoms with van der Waals surface area (Å²) < 4.78 is 10.6. The minimum absolute atomic E-state index is 0.193. The van der Waals surface area contributed by atoms with E-state index in [1.54, 1.807) is 0 Å². The number of esters is 1. The van der Waals surface area contributed by atoms with Crippen LogP contribution in [-0.4, -0.2) is 31.5 Å². The van der Waals surface area contributed by atoms with E-state index in [9.17, 15) is 9.59 Å². The van der Waals surface area contributed by atoms with Crippen LogP contribution < -0.4 is 4.74 Å². The van der Waals surface area contributed by atoms with E-state index in [-0.39, 0.29) is 15.6 Å². The molecule has 2 aromatic rings. The molecular weight excluding hydrogens is 278 g/mol. The third-order valence-corrected chi connectivity index (χ3v) is 3.52. The number of ether oxygens (including phenoxy) is 2. The lowest BCUT2D eigenvalue weighted by Crippen LogP contribution is -2.04. The van der Waals surface area contributed by atoms with Gasteiger partial charge in [-0.15, -0.1) is 0 Å². The molecule has 0 N–H and O–H groups in total. The molecule has 7 heteroatoms. The van der Waals surface area contributed by atoms with Crippen LogP contribution in [-0.2, 0) is 4.74 Å². The van der Waals surface area contributed by atoms with Crippen molar-refractivity contribution >= 4 is 45.4 Å². The van der Waals surface area contributed by atoms with Gasteiger partial charge in [-0.3, -0.25) is 4.79 Å². The molecular formula is C11H8ClNO4S. The second-order valence-electron chi connectivity index (χ2n) is 3.30. The largest absolute Gasteiger partial charge is 0.494 e. The molecule has 18 heavy (non-hydrogen) atoms. The number of fused-ring (bicyclic) bond motifs is 1. The average Bonchev–Trinajstić information content (AvgIpc) is 2.76. The fourth-order valence-electron chi connectivity index (χ4n) is 1.61. The van der Waals surface area contributed by atoms with Crippen molar-refractivity contribution in [2.24, 2.45) is 0 Å². The molecule has 0 amide bonds. The molecule has 0 aliphatic heterocycles. The molecule has 0 atom stereocenters. The molecule has 0 fully saturated rings. The smallest absolute Gasteiger partial charge is 0.340 e. The highest BCUT2D eigenvalue weighted by atomic mass is 35.5. The fourth-order valence-corrected chi connectivity index (χ4v) is 2.78. The summed E-state index contributed by atoms with van der Waals surface area (Å²) in [6, 6.07) is 1.38. The van der Waals surface area contributed by atoms with E-state index < -0.39 is 5.97 Å². The van der Waals surface area contributed by atoms with E-state index in [1.165, 1.54) is 20.3 Å². The summed E-state index contributed by atoms with van der Waals surface area (Å²) in [5, 5.41) is 0. The molecule has 2 rings (SSSR count). The Hall–Kier alpha value is -1.66. The lowest BCUT2D eigenvalue weighted by Gasteiger charge is -2.07. The van der Waals surface area contributed by atoms with Crippen LogP contribution in [0.1, 0.15) is 20.7 Å². The maximum atomic E-state index is 11.6. The summed E-state index contributed by atoms with van der Waals surface area (Å²) in [5.74, 6) is -0.218. The van der Waals surface area contributed by atoms with Crippen LogP contribution in [0.5, 0.6) is 5.75 Å². The zero-order chi connectivity index (χ0) is 13.3. The maximum Gasteiger partial charge on any atom is 0.340 e. The minimum Gasteiger partial charge on any atom is -0.494 e. The van der Waals surface area contributed by atoms with Gasteiger partial charge in [0.15, 0.2) is 10.8 Å². The summed E-state index contributed by atoms with van der Waals surface area (Å²) >= 11 is 6.98. The first kappa shape index (κ1) is 12.8. The fraction of sp³-hybridized carbons (Fsp3) is 0.182. The topological polar surface area (TPSA) is 65.5 Å². The van der Waals surface area contributed by atoms with Crippen molar-refractivity contribution in [1.29, 1.82) is 0 Å². The van der Waals surface area contributed by atoms with Crippen LogP contribution in [0.25, 0.3) is 10.2 Å². The number of thiazole rings is 1. The van der Waals surface area contributed by atoms with Gasteiger partial charge in [0.1, 0.15) is 11.3 Å². The molecule has 1 heterocycles. The van der Waals surface area contributed by atoms with Crippen molar-refractivity contribution in [3.63, 3.8) is 0 Å². The summed E-state index contributed by atoms with van der Waals surface area (Å²) in [6.45, 7) is 0. The summed E-state index contributed by atoms with van der Waals surface area (Å²) in [4.78, 5) is 26.7. The number of methoxy groups -OCH3 is 2. The molecule has 0 bridgehead atoms. The molecule has 0 saturated carbocycles. The molecule has 1 aromatic heterocycles. The number of hydrogen-bond donors (Lipinski definition) is 0. The first-order valence-electron chi connectivity index (χ1n) is 4.83. The maximum absolute atomic E-state index is 11.6. The third kappa shape index (κ3) is 1.93. The Labute approximate surface area is 111 Å². The Morgan fingerprint density at radius 2 is 2.22 bits per heavy atom. The quantitative estimate of drug-likeness (QED) is 0.640. The normalized spacial score (nSPS) is 10.4. The van der Waals surface area contributed by atoms with Gasteiger partial charge >= 0.3 is 5.97 Å². The molecule has 1 aromatic carbocycles. The first-order chi connectivity index (χ1) is 8.62. The van der Waals surface area contributed by atoms with Gasteiger partial charge in [-0.25, -0.2) is 9.78 Å². The molecule has 0 aliphatic rings. The predicted octanol–water partition coefficient (Wildman–Crippen LogP) is 2.56. The second kappa shape index (κ2) is 4.91. The molecule has 0 unspecified atom stereocenters. The Morgan fingerprint density at radius 3 is 2.78 bits per heavy atom. The van der Waals surface area contributed by atoms with Crippen LogP contribution in [0.4, 0.5) is 0 Å². The van der Waals surface area contributed by atoms with Crippen molar-refractivity contribution < 1.29 is 19.1 Å². The van der Waals surface area contributed by atoms with Crippen LogP contribution >= 0.6 is 22.9 Å². The van der Waals surface area contributed by atoms with E-state index in [4.69, 9.17) is 16.3 Å². The number of carbonyl (C=O) groups is 2. The molecule has 0 spiro atoms. The van der Waals surface area contributed by atoms with Crippen molar-refractivity contribution in [3.8, 4) is 5.75 Å². The zero-order valence-corrected chi connectivity index (χ0v) is 11.1. The van der Waals surface area contributed by atoms with E-state index in [2.05, 4.69) is 9.72 Å². The molecule has 0 radical (unpaired) electrons. The number of hydrogen-bond acceptors (Lipinski definition) is 6. The number of carbonyl (C=O) groups excluding carboxylic acids is 2. The van der Waals surface area contributed by atoms with Crippen molar-refractivity contribution in [2.45, 2.75) is 0 Å². The molecule has 5 nitrogen and oxygen atoms in total. The van der Waals surface area contributed by atoms with Crippen molar-refractivity contribution in [3.05, 3.63) is 21.7 Å². The van der Waals surface area contributed by atoms with Crippen LogP contribution in [0.2, 0.25) is 4.47 Å². The highest BCUT2D eigenvalue weighted by Gasteiger charge is 2.21. The predicted molar refractivity (Wildman–Crippen MR) is 67.9 cm³/mol. The number of benzene rings is 1. The molecule has 94 valence electrons. The zero-order valence-electron chi connectivity index (χ0n) is 9.52. The SMILES string of the molecule is COC(=O)c1cc(C=O)c(OC)c2sc(Cl)nc12. The Balaban J connectivity index is 2.87. The van der Waals surface area contributed by atoms with E-state index in [0.717, 1.165) is 11.3 Å². The highest BCUT2D eigenvalue weighted by molar-refractivity contribution is 7.22. The third-order valence-electron chi connectivity index (χ3n) is 2.36. The average molecular weight is 286 g/mol. The summed E-state index contributed by atoms with van der Waals surface area (Å²) in [7, 11) is 2.69. The molecule has 0 saturated heterocycles. The van der Waals surface area contributed by atoms with E-state index in [1.807, 2.05) is 0 Å². The van der Waals surface area contributed by atoms with Crippen LogP contribution in [0.15, 0.2) is 6.07 Å².